The van der Waals surface area contributed by atoms with Crippen molar-refractivity contribution in [1.29, 1.82) is 0 Å². The summed E-state index contributed by atoms with van der Waals surface area (Å²) >= 11 is 0. The van der Waals surface area contributed by atoms with E-state index in [1.807, 2.05) is 20.8 Å². The highest BCUT2D eigenvalue weighted by atomic mass is 32.2. The molecule has 3 aromatic rings. The third kappa shape index (κ3) is 6.77. The maximum absolute atomic E-state index is 13.8. The van der Waals surface area contributed by atoms with Gasteiger partial charge in [-0.2, -0.15) is 0 Å². The number of aryl methyl sites for hydroxylation is 3. The summed E-state index contributed by atoms with van der Waals surface area (Å²) in [6.07, 6.45) is 0. The fourth-order valence-electron chi connectivity index (χ4n) is 3.94. The number of anilines is 1. The van der Waals surface area contributed by atoms with Crippen LogP contribution in [0.4, 0.5) is 10.1 Å². The SMILES string of the molecule is CCNC(=O)C(C)N(Cc1ccc(F)cc1)C(=O)CN(c1ccc(C)c(C)c1)S(=O)(=O)c1ccc(C)cc1. The number of benzene rings is 3. The van der Waals surface area contributed by atoms with E-state index >= 15 is 0 Å². The quantitative estimate of drug-likeness (QED) is 0.411. The number of halogens is 1. The van der Waals surface area contributed by atoms with Crippen molar-refractivity contribution >= 4 is 27.5 Å². The fourth-order valence-corrected chi connectivity index (χ4v) is 5.34. The number of sulfonamides is 1. The molecule has 3 aromatic carbocycles. The topological polar surface area (TPSA) is 86.8 Å². The van der Waals surface area contributed by atoms with E-state index in [2.05, 4.69) is 5.32 Å². The van der Waals surface area contributed by atoms with Crippen molar-refractivity contribution in [1.82, 2.24) is 10.2 Å². The van der Waals surface area contributed by atoms with E-state index in [0.717, 1.165) is 21.0 Å². The Morgan fingerprint density at radius 1 is 0.921 bits per heavy atom. The molecule has 2 amide bonds. The molecule has 0 saturated carbocycles. The predicted octanol–water partition coefficient (Wildman–Crippen LogP) is 4.50. The van der Waals surface area contributed by atoms with Gasteiger partial charge in [0.15, 0.2) is 0 Å². The van der Waals surface area contributed by atoms with Gasteiger partial charge in [-0.1, -0.05) is 35.9 Å². The number of likely N-dealkylation sites (N-methyl/N-ethyl adjacent to an activating group) is 1. The van der Waals surface area contributed by atoms with Crippen LogP contribution in [0.3, 0.4) is 0 Å². The first kappa shape index (κ1) is 28.8. The summed E-state index contributed by atoms with van der Waals surface area (Å²) in [5.41, 5.74) is 3.71. The van der Waals surface area contributed by atoms with E-state index in [0.29, 0.717) is 17.8 Å². The maximum Gasteiger partial charge on any atom is 0.264 e. The van der Waals surface area contributed by atoms with E-state index in [9.17, 15) is 22.4 Å². The van der Waals surface area contributed by atoms with Gasteiger partial charge in [-0.05, 0) is 87.7 Å². The van der Waals surface area contributed by atoms with Crippen molar-refractivity contribution in [2.45, 2.75) is 52.1 Å². The molecule has 1 N–H and O–H groups in total. The Bertz CT molecular complexity index is 1390. The Balaban J connectivity index is 2.05. The Kier molecular flexibility index (Phi) is 9.27. The van der Waals surface area contributed by atoms with Gasteiger partial charge in [-0.25, -0.2) is 12.8 Å². The lowest BCUT2D eigenvalue weighted by Gasteiger charge is -2.32. The number of carbonyl (C=O) groups excluding carboxylic acids is 2. The van der Waals surface area contributed by atoms with Crippen molar-refractivity contribution in [2.24, 2.45) is 0 Å². The van der Waals surface area contributed by atoms with Crippen molar-refractivity contribution in [3.05, 3.63) is 94.8 Å². The van der Waals surface area contributed by atoms with Gasteiger partial charge in [-0.3, -0.25) is 13.9 Å². The van der Waals surface area contributed by atoms with Crippen LogP contribution in [-0.4, -0.2) is 44.3 Å². The highest BCUT2D eigenvalue weighted by Gasteiger charge is 2.32. The molecular weight excluding hydrogens is 505 g/mol. The molecule has 38 heavy (non-hydrogen) atoms. The van der Waals surface area contributed by atoms with Crippen LogP contribution in [0, 0.1) is 26.6 Å². The van der Waals surface area contributed by atoms with Crippen LogP contribution < -0.4 is 9.62 Å². The smallest absolute Gasteiger partial charge is 0.264 e. The number of amides is 2. The van der Waals surface area contributed by atoms with Gasteiger partial charge in [0, 0.05) is 13.1 Å². The minimum atomic E-state index is -4.13. The number of carbonyl (C=O) groups is 2. The van der Waals surface area contributed by atoms with Crippen molar-refractivity contribution < 1.29 is 22.4 Å². The number of hydrogen-bond donors (Lipinski definition) is 1. The second-order valence-electron chi connectivity index (χ2n) is 9.31. The first-order chi connectivity index (χ1) is 17.9. The fraction of sp³-hybridized carbons (Fsp3) is 0.310. The zero-order chi connectivity index (χ0) is 28.0. The Hall–Kier alpha value is -3.72. The molecule has 202 valence electrons. The molecule has 3 rings (SSSR count). The summed E-state index contributed by atoms with van der Waals surface area (Å²) in [4.78, 5) is 27.9. The minimum Gasteiger partial charge on any atom is -0.355 e. The first-order valence-electron chi connectivity index (χ1n) is 12.4. The molecule has 9 heteroatoms. The Labute approximate surface area is 224 Å². The summed E-state index contributed by atoms with van der Waals surface area (Å²) in [6.45, 7) is 8.85. The Morgan fingerprint density at radius 3 is 2.13 bits per heavy atom. The highest BCUT2D eigenvalue weighted by molar-refractivity contribution is 7.92. The molecule has 1 atom stereocenters. The summed E-state index contributed by atoms with van der Waals surface area (Å²) in [7, 11) is -4.13. The second kappa shape index (κ2) is 12.2. The second-order valence-corrected chi connectivity index (χ2v) is 11.2. The molecule has 0 radical (unpaired) electrons. The number of nitrogens with zero attached hydrogens (tertiary/aromatic N) is 2. The summed E-state index contributed by atoms with van der Waals surface area (Å²) in [5, 5.41) is 2.71. The number of rotatable bonds is 10. The Morgan fingerprint density at radius 2 is 1.55 bits per heavy atom. The van der Waals surface area contributed by atoms with E-state index in [1.54, 1.807) is 44.2 Å². The third-order valence-electron chi connectivity index (χ3n) is 6.45. The lowest BCUT2D eigenvalue weighted by atomic mass is 10.1. The summed E-state index contributed by atoms with van der Waals surface area (Å²) in [6, 6.07) is 16.3. The average molecular weight is 540 g/mol. The summed E-state index contributed by atoms with van der Waals surface area (Å²) < 4.78 is 42.2. The largest absolute Gasteiger partial charge is 0.355 e. The van der Waals surface area contributed by atoms with E-state index in [-0.39, 0.29) is 17.3 Å². The molecule has 0 fully saturated rings. The standard InChI is InChI=1S/C29H34FN3O4S/c1-6-31-29(35)23(5)32(18-24-10-12-25(30)13-11-24)28(34)19-33(26-14-9-21(3)22(4)17-26)38(36,37)27-15-7-20(2)8-16-27/h7-17,23H,6,18-19H2,1-5H3,(H,31,35). The van der Waals surface area contributed by atoms with Gasteiger partial charge in [0.05, 0.1) is 10.6 Å². The third-order valence-corrected chi connectivity index (χ3v) is 8.24. The molecule has 0 bridgehead atoms. The summed E-state index contributed by atoms with van der Waals surface area (Å²) in [5.74, 6) is -1.36. The molecule has 0 aliphatic rings. The normalized spacial score (nSPS) is 12.1. The molecular formula is C29H34FN3O4S. The van der Waals surface area contributed by atoms with Crippen LogP contribution in [0.5, 0.6) is 0 Å². The molecule has 7 nitrogen and oxygen atoms in total. The average Bonchev–Trinajstić information content (AvgIpc) is 2.88. The van der Waals surface area contributed by atoms with Gasteiger partial charge >= 0.3 is 0 Å². The van der Waals surface area contributed by atoms with Crippen LogP contribution in [0.25, 0.3) is 0 Å². The van der Waals surface area contributed by atoms with Gasteiger partial charge in [-0.15, -0.1) is 0 Å². The maximum atomic E-state index is 13.8. The van der Waals surface area contributed by atoms with Crippen LogP contribution >= 0.6 is 0 Å². The van der Waals surface area contributed by atoms with Crippen LogP contribution in [0.15, 0.2) is 71.6 Å². The van der Waals surface area contributed by atoms with E-state index in [1.165, 1.54) is 41.3 Å². The van der Waals surface area contributed by atoms with Gasteiger partial charge < -0.3 is 10.2 Å². The van der Waals surface area contributed by atoms with E-state index < -0.39 is 34.3 Å². The molecule has 0 aromatic heterocycles. The van der Waals surface area contributed by atoms with Crippen molar-refractivity contribution in [3.8, 4) is 0 Å². The lowest BCUT2D eigenvalue weighted by molar-refractivity contribution is -0.139. The molecule has 0 saturated heterocycles. The predicted molar refractivity (Wildman–Crippen MR) is 147 cm³/mol. The zero-order valence-corrected chi connectivity index (χ0v) is 23.2. The van der Waals surface area contributed by atoms with Gasteiger partial charge in [0.2, 0.25) is 11.8 Å². The van der Waals surface area contributed by atoms with Gasteiger partial charge in [0.25, 0.3) is 10.0 Å². The van der Waals surface area contributed by atoms with Crippen molar-refractivity contribution in [3.63, 3.8) is 0 Å². The van der Waals surface area contributed by atoms with Crippen LogP contribution in [-0.2, 0) is 26.2 Å². The monoisotopic (exact) mass is 539 g/mol. The van der Waals surface area contributed by atoms with Gasteiger partial charge in [0.1, 0.15) is 18.4 Å². The number of nitrogens with one attached hydrogen (secondary N) is 1. The van der Waals surface area contributed by atoms with E-state index in [4.69, 9.17) is 0 Å². The highest BCUT2D eigenvalue weighted by Crippen LogP contribution is 2.27. The molecule has 0 aliphatic carbocycles. The number of hydrogen-bond acceptors (Lipinski definition) is 4. The minimum absolute atomic E-state index is 0.00274. The lowest BCUT2D eigenvalue weighted by Crippen LogP contribution is -2.51. The molecule has 0 aliphatic heterocycles. The van der Waals surface area contributed by atoms with Crippen LogP contribution in [0.2, 0.25) is 0 Å². The molecule has 0 heterocycles. The molecule has 1 unspecified atom stereocenters. The first-order valence-corrected chi connectivity index (χ1v) is 13.9. The van der Waals surface area contributed by atoms with Crippen LogP contribution in [0.1, 0.15) is 36.1 Å². The molecule has 0 spiro atoms. The zero-order valence-electron chi connectivity index (χ0n) is 22.4. The van der Waals surface area contributed by atoms with Crippen molar-refractivity contribution in [2.75, 3.05) is 17.4 Å².